The lowest BCUT2D eigenvalue weighted by molar-refractivity contribution is 0.00542. The lowest BCUT2D eigenvalue weighted by atomic mass is 9.84. The predicted molar refractivity (Wildman–Crippen MR) is 138 cm³/mol. The summed E-state index contributed by atoms with van der Waals surface area (Å²) in [7, 11) is 2.03. The summed E-state index contributed by atoms with van der Waals surface area (Å²) in [4.78, 5) is 8.07. The van der Waals surface area contributed by atoms with Gasteiger partial charge in [0.25, 0.3) is 0 Å². The molecule has 2 aromatic heterocycles. The highest BCUT2D eigenvalue weighted by atomic mass is 15.6. The van der Waals surface area contributed by atoms with Crippen molar-refractivity contribution in [1.82, 2.24) is 44.7 Å². The van der Waals surface area contributed by atoms with Gasteiger partial charge in [0.15, 0.2) is 5.82 Å². The van der Waals surface area contributed by atoms with Gasteiger partial charge in [-0.2, -0.15) is 5.10 Å². The van der Waals surface area contributed by atoms with Gasteiger partial charge in [-0.05, 0) is 60.7 Å². The Labute approximate surface area is 214 Å². The molecule has 0 spiro atoms. The van der Waals surface area contributed by atoms with Gasteiger partial charge in [0.1, 0.15) is 0 Å². The van der Waals surface area contributed by atoms with E-state index in [1.54, 1.807) is 0 Å². The van der Waals surface area contributed by atoms with Gasteiger partial charge < -0.3 is 0 Å². The van der Waals surface area contributed by atoms with Crippen LogP contribution < -0.4 is 0 Å². The molecule has 0 N–H and O–H groups in total. The number of aromatic nitrogens is 6. The van der Waals surface area contributed by atoms with Crippen LogP contribution >= 0.6 is 0 Å². The molecule has 0 radical (unpaired) electrons. The van der Waals surface area contributed by atoms with Gasteiger partial charge in [0.2, 0.25) is 0 Å². The summed E-state index contributed by atoms with van der Waals surface area (Å²) in [5.41, 5.74) is 2.38. The zero-order valence-corrected chi connectivity index (χ0v) is 21.5. The van der Waals surface area contributed by atoms with Crippen molar-refractivity contribution < 1.29 is 0 Å². The maximum Gasteiger partial charge on any atom is 0.172 e. The van der Waals surface area contributed by atoms with Crippen LogP contribution in [0.2, 0.25) is 0 Å². The van der Waals surface area contributed by atoms with Crippen LogP contribution in [0.15, 0.2) is 42.6 Å². The molecule has 3 aliphatic rings. The fourth-order valence-electron chi connectivity index (χ4n) is 6.43. The van der Waals surface area contributed by atoms with Gasteiger partial charge in [0, 0.05) is 58.6 Å². The zero-order valence-electron chi connectivity index (χ0n) is 21.5. The molecule has 1 saturated carbocycles. The van der Waals surface area contributed by atoms with E-state index in [1.165, 1.54) is 43.5 Å². The first-order chi connectivity index (χ1) is 17.7. The molecule has 36 heavy (non-hydrogen) atoms. The van der Waals surface area contributed by atoms with Gasteiger partial charge in [-0.3, -0.25) is 19.4 Å². The molecule has 2 saturated heterocycles. The van der Waals surface area contributed by atoms with Crippen LogP contribution in [0.1, 0.15) is 55.6 Å². The molecular weight excluding hydrogens is 450 g/mol. The SMILES string of the molecule is Cn1nccc1CN1CCC(c2nnnn2Cc2ccccc2)(N2CCCN(C3CCC3)CC2)CC1. The molecule has 1 aromatic carbocycles. The van der Waals surface area contributed by atoms with Gasteiger partial charge in [-0.25, -0.2) is 4.68 Å². The van der Waals surface area contributed by atoms with Crippen LogP contribution in [0.25, 0.3) is 0 Å². The number of nitrogens with zero attached hydrogens (tertiary/aromatic N) is 9. The molecule has 0 unspecified atom stereocenters. The molecule has 6 rings (SSSR count). The van der Waals surface area contributed by atoms with E-state index in [4.69, 9.17) is 5.10 Å². The first-order valence-electron chi connectivity index (χ1n) is 13.7. The van der Waals surface area contributed by atoms with Crippen LogP contribution in [0, 0.1) is 0 Å². The van der Waals surface area contributed by atoms with Crippen molar-refractivity contribution >= 4 is 0 Å². The van der Waals surface area contributed by atoms with Crippen molar-refractivity contribution in [3.05, 3.63) is 59.7 Å². The minimum absolute atomic E-state index is 0.128. The highest BCUT2D eigenvalue weighted by molar-refractivity contribution is 5.17. The third kappa shape index (κ3) is 4.71. The van der Waals surface area contributed by atoms with E-state index in [0.29, 0.717) is 6.54 Å². The van der Waals surface area contributed by atoms with E-state index >= 15 is 0 Å². The summed E-state index contributed by atoms with van der Waals surface area (Å²) < 4.78 is 4.06. The van der Waals surface area contributed by atoms with Crippen molar-refractivity contribution in [2.75, 3.05) is 39.3 Å². The third-order valence-electron chi connectivity index (χ3n) is 8.84. The topological polar surface area (TPSA) is 71.1 Å². The molecule has 3 aromatic rings. The Hall–Kier alpha value is -2.62. The Kier molecular flexibility index (Phi) is 6.86. The first kappa shape index (κ1) is 23.8. The summed E-state index contributed by atoms with van der Waals surface area (Å²) in [6, 6.07) is 13.5. The number of rotatable bonds is 7. The number of tetrazole rings is 1. The molecule has 0 amide bonds. The second-order valence-corrected chi connectivity index (χ2v) is 10.9. The number of aryl methyl sites for hydroxylation is 1. The maximum atomic E-state index is 4.72. The largest absolute Gasteiger partial charge is 0.299 e. The molecule has 192 valence electrons. The summed E-state index contributed by atoms with van der Waals surface area (Å²) >= 11 is 0. The minimum atomic E-state index is -0.128. The highest BCUT2D eigenvalue weighted by Crippen LogP contribution is 2.39. The number of piperidine rings is 1. The Balaban J connectivity index is 1.25. The van der Waals surface area contributed by atoms with Gasteiger partial charge in [-0.15, -0.1) is 5.10 Å². The third-order valence-corrected chi connectivity index (χ3v) is 8.84. The van der Waals surface area contributed by atoms with Crippen molar-refractivity contribution in [2.24, 2.45) is 7.05 Å². The zero-order chi connectivity index (χ0) is 24.4. The minimum Gasteiger partial charge on any atom is -0.299 e. The smallest absolute Gasteiger partial charge is 0.172 e. The fraction of sp³-hybridized carbons (Fsp3) is 0.630. The maximum absolute atomic E-state index is 4.72. The van der Waals surface area contributed by atoms with Gasteiger partial charge in [0.05, 0.1) is 17.8 Å². The Morgan fingerprint density at radius 1 is 0.889 bits per heavy atom. The molecule has 0 atom stereocenters. The molecule has 4 heterocycles. The lowest BCUT2D eigenvalue weighted by Crippen LogP contribution is -2.55. The van der Waals surface area contributed by atoms with E-state index in [-0.39, 0.29) is 5.54 Å². The van der Waals surface area contributed by atoms with E-state index in [1.807, 2.05) is 17.9 Å². The molecule has 1 aliphatic carbocycles. The second kappa shape index (κ2) is 10.4. The average molecular weight is 490 g/mol. The second-order valence-electron chi connectivity index (χ2n) is 10.9. The standard InChI is InChI=1S/C27H39N9/c1-32-25(11-14-28-32)22-33-17-12-27(13-18-33,35-16-6-15-34(19-20-35)24-9-5-10-24)26-29-30-31-36(26)21-23-7-3-2-4-8-23/h2-4,7-8,11,14,24H,5-6,9-10,12-13,15-22H2,1H3. The summed E-state index contributed by atoms with van der Waals surface area (Å²) in [6.45, 7) is 8.31. The quantitative estimate of drug-likeness (QED) is 0.505. The molecule has 2 aliphatic heterocycles. The van der Waals surface area contributed by atoms with Gasteiger partial charge >= 0.3 is 0 Å². The Morgan fingerprint density at radius 2 is 1.72 bits per heavy atom. The fourth-order valence-corrected chi connectivity index (χ4v) is 6.43. The van der Waals surface area contributed by atoms with Crippen molar-refractivity contribution in [3.8, 4) is 0 Å². The predicted octanol–water partition coefficient (Wildman–Crippen LogP) is 2.51. The normalized spacial score (nSPS) is 22.4. The van der Waals surface area contributed by atoms with E-state index in [9.17, 15) is 0 Å². The summed E-state index contributed by atoms with van der Waals surface area (Å²) in [6.07, 6.45) is 9.36. The van der Waals surface area contributed by atoms with Crippen LogP contribution in [-0.4, -0.2) is 90.0 Å². The molecule has 0 bridgehead atoms. The molecule has 3 fully saturated rings. The van der Waals surface area contributed by atoms with E-state index < -0.39 is 0 Å². The van der Waals surface area contributed by atoms with Crippen LogP contribution in [0.4, 0.5) is 0 Å². The van der Waals surface area contributed by atoms with E-state index in [0.717, 1.165) is 64.0 Å². The van der Waals surface area contributed by atoms with Crippen molar-refractivity contribution in [3.63, 3.8) is 0 Å². The monoisotopic (exact) mass is 489 g/mol. The van der Waals surface area contributed by atoms with Crippen molar-refractivity contribution in [2.45, 2.75) is 63.2 Å². The van der Waals surface area contributed by atoms with E-state index in [2.05, 4.69) is 71.3 Å². The number of hydrogen-bond acceptors (Lipinski definition) is 7. The number of hydrogen-bond donors (Lipinski definition) is 0. The number of benzene rings is 1. The van der Waals surface area contributed by atoms with Crippen LogP contribution in [0.3, 0.4) is 0 Å². The first-order valence-corrected chi connectivity index (χ1v) is 13.7. The average Bonchev–Trinajstić information content (AvgIpc) is 3.42. The summed E-state index contributed by atoms with van der Waals surface area (Å²) in [5, 5.41) is 17.8. The Bertz CT molecular complexity index is 1110. The molecule has 9 nitrogen and oxygen atoms in total. The van der Waals surface area contributed by atoms with Crippen LogP contribution in [-0.2, 0) is 25.7 Å². The van der Waals surface area contributed by atoms with Crippen molar-refractivity contribution in [1.29, 1.82) is 0 Å². The molecule has 9 heteroatoms. The number of likely N-dealkylation sites (tertiary alicyclic amines) is 1. The van der Waals surface area contributed by atoms with Crippen LogP contribution in [0.5, 0.6) is 0 Å². The highest BCUT2D eigenvalue weighted by Gasteiger charge is 2.46. The lowest BCUT2D eigenvalue weighted by Gasteiger charge is -2.47. The Morgan fingerprint density at radius 3 is 2.44 bits per heavy atom. The molecular formula is C27H39N9. The summed E-state index contributed by atoms with van der Waals surface area (Å²) in [5.74, 6) is 1.05. The van der Waals surface area contributed by atoms with Gasteiger partial charge in [-0.1, -0.05) is 36.8 Å².